The number of rotatable bonds is 5. The van der Waals surface area contributed by atoms with Gasteiger partial charge in [0.25, 0.3) is 11.8 Å². The van der Waals surface area contributed by atoms with Crippen molar-refractivity contribution in [3.63, 3.8) is 0 Å². The SMILES string of the molecule is C=C(C(=O)Oc1ccc2ccccc2c1)[C@H](O)C(=O)N1[C@@H]2C[C@H]3CC[C@]2(C(=O)N1c1ccccc1)C3(C)C. The molecule has 0 unspecified atom stereocenters. The van der Waals surface area contributed by atoms with E-state index >= 15 is 0 Å². The van der Waals surface area contributed by atoms with Crippen molar-refractivity contribution in [2.24, 2.45) is 16.7 Å². The summed E-state index contributed by atoms with van der Waals surface area (Å²) in [6.07, 6.45) is 0.406. The largest absolute Gasteiger partial charge is 0.423 e. The molecule has 3 fully saturated rings. The Hall–Kier alpha value is -3.97. The number of carbonyl (C=O) groups is 3. The molecule has 1 spiro atoms. The molecule has 2 saturated carbocycles. The number of para-hydroxylation sites is 1. The van der Waals surface area contributed by atoms with Crippen LogP contribution >= 0.6 is 0 Å². The molecular weight excluding hydrogens is 480 g/mol. The fraction of sp³-hybridized carbons (Fsp3) is 0.323. The topological polar surface area (TPSA) is 87.1 Å². The van der Waals surface area contributed by atoms with E-state index in [1.54, 1.807) is 36.4 Å². The second kappa shape index (κ2) is 8.53. The molecule has 3 aromatic rings. The average Bonchev–Trinajstić information content (AvgIpc) is 3.45. The number of benzene rings is 3. The Morgan fingerprint density at radius 1 is 1.03 bits per heavy atom. The Balaban J connectivity index is 1.29. The molecule has 0 radical (unpaired) electrons. The number of fused-ring (bicyclic) bond motifs is 2. The molecule has 1 N–H and O–H groups in total. The fourth-order valence-electron chi connectivity index (χ4n) is 7.04. The van der Waals surface area contributed by atoms with Crippen molar-refractivity contribution < 1.29 is 24.2 Å². The molecule has 2 aliphatic carbocycles. The van der Waals surface area contributed by atoms with E-state index in [0.717, 1.165) is 17.2 Å². The van der Waals surface area contributed by atoms with Crippen LogP contribution in [-0.4, -0.2) is 40.0 Å². The van der Waals surface area contributed by atoms with Crippen LogP contribution in [0.4, 0.5) is 5.69 Å². The second-order valence-corrected chi connectivity index (χ2v) is 11.1. The first-order valence-electron chi connectivity index (χ1n) is 13.0. The van der Waals surface area contributed by atoms with Gasteiger partial charge in [0.05, 0.1) is 22.7 Å². The van der Waals surface area contributed by atoms with E-state index in [2.05, 4.69) is 20.4 Å². The number of anilines is 1. The molecule has 7 nitrogen and oxygen atoms in total. The number of esters is 1. The predicted octanol–water partition coefficient (Wildman–Crippen LogP) is 4.65. The average molecular weight is 511 g/mol. The van der Waals surface area contributed by atoms with Crippen molar-refractivity contribution in [3.05, 3.63) is 84.9 Å². The van der Waals surface area contributed by atoms with Crippen LogP contribution in [0.3, 0.4) is 0 Å². The summed E-state index contributed by atoms with van der Waals surface area (Å²) < 4.78 is 5.47. The molecular formula is C31H30N2O5. The van der Waals surface area contributed by atoms with Gasteiger partial charge in [0.2, 0.25) is 0 Å². The van der Waals surface area contributed by atoms with Crippen LogP contribution in [0.1, 0.15) is 33.1 Å². The van der Waals surface area contributed by atoms with Crippen LogP contribution in [0.5, 0.6) is 5.75 Å². The number of hydrazine groups is 1. The first-order chi connectivity index (χ1) is 18.2. The molecule has 6 rings (SSSR count). The van der Waals surface area contributed by atoms with Crippen molar-refractivity contribution in [2.45, 2.75) is 45.3 Å². The van der Waals surface area contributed by atoms with Gasteiger partial charge in [-0.05, 0) is 65.6 Å². The van der Waals surface area contributed by atoms with Crippen molar-refractivity contribution in [3.8, 4) is 5.75 Å². The highest BCUT2D eigenvalue weighted by atomic mass is 16.5. The van der Waals surface area contributed by atoms with Crippen LogP contribution in [0.15, 0.2) is 84.9 Å². The zero-order valence-corrected chi connectivity index (χ0v) is 21.5. The minimum Gasteiger partial charge on any atom is -0.423 e. The number of carbonyl (C=O) groups excluding carboxylic acids is 3. The molecule has 1 saturated heterocycles. The highest BCUT2D eigenvalue weighted by Gasteiger charge is 2.75. The third-order valence-electron chi connectivity index (χ3n) is 9.20. The Labute approximate surface area is 221 Å². The lowest BCUT2D eigenvalue weighted by atomic mass is 9.67. The zero-order valence-electron chi connectivity index (χ0n) is 21.5. The number of hydrogen-bond acceptors (Lipinski definition) is 5. The van der Waals surface area contributed by atoms with Crippen LogP contribution in [0, 0.1) is 16.7 Å². The summed E-state index contributed by atoms with van der Waals surface area (Å²) in [6, 6.07) is 21.4. The molecule has 1 aliphatic heterocycles. The lowest BCUT2D eigenvalue weighted by Gasteiger charge is -2.35. The Morgan fingerprint density at radius 2 is 1.71 bits per heavy atom. The van der Waals surface area contributed by atoms with Crippen LogP contribution < -0.4 is 9.75 Å². The molecule has 2 bridgehead atoms. The Bertz CT molecular complexity index is 1480. The van der Waals surface area contributed by atoms with Gasteiger partial charge in [-0.3, -0.25) is 9.59 Å². The molecule has 0 aromatic heterocycles. The summed E-state index contributed by atoms with van der Waals surface area (Å²) >= 11 is 0. The van der Waals surface area contributed by atoms with Crippen molar-refractivity contribution in [1.82, 2.24) is 5.01 Å². The van der Waals surface area contributed by atoms with Gasteiger partial charge in [0, 0.05) is 0 Å². The molecule has 3 aliphatic rings. The summed E-state index contributed by atoms with van der Waals surface area (Å²) in [6.45, 7) is 7.92. The van der Waals surface area contributed by atoms with E-state index in [4.69, 9.17) is 4.74 Å². The molecule has 1 heterocycles. The summed E-state index contributed by atoms with van der Waals surface area (Å²) in [7, 11) is 0. The smallest absolute Gasteiger partial charge is 0.342 e. The van der Waals surface area contributed by atoms with Gasteiger partial charge < -0.3 is 9.84 Å². The molecule has 7 heteroatoms. The molecule has 2 amide bonds. The van der Waals surface area contributed by atoms with E-state index < -0.39 is 29.4 Å². The van der Waals surface area contributed by atoms with Gasteiger partial charge in [0.15, 0.2) is 6.10 Å². The van der Waals surface area contributed by atoms with E-state index in [0.29, 0.717) is 24.4 Å². The number of amides is 2. The van der Waals surface area contributed by atoms with Crippen LogP contribution in [-0.2, 0) is 14.4 Å². The maximum absolute atomic E-state index is 14.1. The molecule has 194 valence electrons. The Morgan fingerprint density at radius 3 is 2.42 bits per heavy atom. The molecule has 38 heavy (non-hydrogen) atoms. The van der Waals surface area contributed by atoms with Crippen LogP contribution in [0.2, 0.25) is 0 Å². The maximum atomic E-state index is 14.1. The lowest BCUT2D eigenvalue weighted by Crippen LogP contribution is -2.52. The quantitative estimate of drug-likeness (QED) is 0.307. The van der Waals surface area contributed by atoms with Crippen LogP contribution in [0.25, 0.3) is 10.8 Å². The number of nitrogens with zero attached hydrogens (tertiary/aromatic N) is 2. The first-order valence-corrected chi connectivity index (χ1v) is 13.0. The van der Waals surface area contributed by atoms with Gasteiger partial charge in [-0.25, -0.2) is 14.8 Å². The van der Waals surface area contributed by atoms with Gasteiger partial charge in [-0.15, -0.1) is 0 Å². The second-order valence-electron chi connectivity index (χ2n) is 11.1. The highest BCUT2D eigenvalue weighted by molar-refractivity contribution is 6.07. The number of aliphatic hydroxyl groups is 1. The lowest BCUT2D eigenvalue weighted by molar-refractivity contribution is -0.144. The van der Waals surface area contributed by atoms with Gasteiger partial charge in [-0.2, -0.15) is 0 Å². The van der Waals surface area contributed by atoms with Gasteiger partial charge in [-0.1, -0.05) is 69.0 Å². The summed E-state index contributed by atoms with van der Waals surface area (Å²) in [5, 5.41) is 15.8. The monoisotopic (exact) mass is 510 g/mol. The normalized spacial score (nSPS) is 25.9. The van der Waals surface area contributed by atoms with E-state index in [1.807, 2.05) is 36.4 Å². The van der Waals surface area contributed by atoms with Gasteiger partial charge >= 0.3 is 5.97 Å². The highest BCUT2D eigenvalue weighted by Crippen LogP contribution is 2.70. The zero-order chi connectivity index (χ0) is 26.8. The predicted molar refractivity (Wildman–Crippen MR) is 143 cm³/mol. The molecule has 3 aromatic carbocycles. The van der Waals surface area contributed by atoms with Crippen molar-refractivity contribution in [1.29, 1.82) is 0 Å². The maximum Gasteiger partial charge on any atom is 0.342 e. The van der Waals surface area contributed by atoms with Gasteiger partial charge in [0.1, 0.15) is 5.75 Å². The summed E-state index contributed by atoms with van der Waals surface area (Å²) in [5.74, 6) is -1.22. The fourth-order valence-corrected chi connectivity index (χ4v) is 7.04. The third kappa shape index (κ3) is 3.28. The minimum atomic E-state index is -1.86. The van der Waals surface area contributed by atoms with E-state index in [1.165, 1.54) is 10.0 Å². The summed E-state index contributed by atoms with van der Waals surface area (Å²) in [5.41, 5.74) is -0.874. The first kappa shape index (κ1) is 24.4. The standard InChI is InChI=1S/C31H30N2O5/c1-19(28(36)38-24-14-13-20-9-7-8-10-21(20)17-24)26(34)27(35)33-25-18-22-15-16-31(25,30(22,2)3)29(37)32(33)23-11-5-4-6-12-23/h4-14,17,22,25-26,34H,1,15-16,18H2,2-3H3/t22-,25-,26+,31+/m1/s1. The Kier molecular flexibility index (Phi) is 5.47. The van der Waals surface area contributed by atoms with E-state index in [-0.39, 0.29) is 22.6 Å². The van der Waals surface area contributed by atoms with E-state index in [9.17, 15) is 19.5 Å². The number of aliphatic hydroxyl groups excluding tert-OH is 1. The van der Waals surface area contributed by atoms with Crippen molar-refractivity contribution >= 4 is 34.2 Å². The third-order valence-corrected chi connectivity index (χ3v) is 9.20. The minimum absolute atomic E-state index is 0.136. The molecule has 4 atom stereocenters. The summed E-state index contributed by atoms with van der Waals surface area (Å²) in [4.78, 5) is 40.9. The number of ether oxygens (including phenoxy) is 1. The van der Waals surface area contributed by atoms with Crippen molar-refractivity contribution in [2.75, 3.05) is 5.01 Å². The number of hydrogen-bond donors (Lipinski definition) is 1.